The van der Waals surface area contributed by atoms with Gasteiger partial charge in [-0.25, -0.2) is 22.4 Å². The molecule has 47 heavy (non-hydrogen) atoms. The number of methoxy groups -OCH3 is 1. The first-order chi connectivity index (χ1) is 21.9. The predicted octanol–water partition coefficient (Wildman–Crippen LogP) is 4.48. The third-order valence-corrected chi connectivity index (χ3v) is 8.45. The smallest absolute Gasteiger partial charge is 0.408 e. The van der Waals surface area contributed by atoms with Gasteiger partial charge in [-0.3, -0.25) is 9.10 Å². The van der Waals surface area contributed by atoms with Crippen LogP contribution in [0.25, 0.3) is 0 Å². The Balaban J connectivity index is 1.94. The molecule has 13 heteroatoms. The molecule has 0 spiro atoms. The van der Waals surface area contributed by atoms with E-state index in [-0.39, 0.29) is 30.8 Å². The second kappa shape index (κ2) is 15.4. The minimum atomic E-state index is -3.68. The fourth-order valence-electron chi connectivity index (χ4n) is 4.80. The molecular formula is C34H43FN4O7S. The fourth-order valence-corrected chi connectivity index (χ4v) is 5.29. The van der Waals surface area contributed by atoms with Gasteiger partial charge in [-0.1, -0.05) is 42.5 Å². The van der Waals surface area contributed by atoms with Crippen molar-refractivity contribution in [3.05, 3.63) is 101 Å². The standard InChI is InChI=1S/C34H43FN4O7S/c1-23(26-13-15-28(35)16-14-26)37-30(40)27-17-25(18-29(19-27)39(5)47(7,43)44)21-36-22-34(31(41)45-6,20-24-11-9-8-10-12-24)38-32(42)46-33(2,3)4/h8-19,23,36H,20-22H2,1-7H3,(H,37,40)(H,38,42)/t23-,34?/m1/s1. The maximum absolute atomic E-state index is 13.4. The fraction of sp³-hybridized carbons (Fsp3) is 0.382. The van der Waals surface area contributed by atoms with E-state index in [0.717, 1.165) is 16.1 Å². The highest BCUT2D eigenvalue weighted by Crippen LogP contribution is 2.23. The molecule has 3 rings (SSSR count). The van der Waals surface area contributed by atoms with Gasteiger partial charge in [-0.05, 0) is 74.7 Å². The topological polar surface area (TPSA) is 143 Å². The number of amides is 2. The third-order valence-electron chi connectivity index (χ3n) is 7.24. The molecule has 0 saturated heterocycles. The number of alkyl carbamates (subject to hydrolysis) is 1. The van der Waals surface area contributed by atoms with Crippen LogP contribution >= 0.6 is 0 Å². The lowest BCUT2D eigenvalue weighted by atomic mass is 9.90. The zero-order valence-electron chi connectivity index (χ0n) is 27.7. The lowest BCUT2D eigenvalue weighted by molar-refractivity contribution is -0.148. The van der Waals surface area contributed by atoms with E-state index in [0.29, 0.717) is 11.1 Å². The Bertz CT molecular complexity index is 1660. The van der Waals surface area contributed by atoms with Gasteiger partial charge in [0.2, 0.25) is 10.0 Å². The summed E-state index contributed by atoms with van der Waals surface area (Å²) in [5, 5.41) is 8.76. The van der Waals surface area contributed by atoms with Crippen molar-refractivity contribution in [3.63, 3.8) is 0 Å². The lowest BCUT2D eigenvalue weighted by Crippen LogP contribution is -2.62. The van der Waals surface area contributed by atoms with Gasteiger partial charge >= 0.3 is 12.1 Å². The second-order valence-electron chi connectivity index (χ2n) is 12.3. The van der Waals surface area contributed by atoms with Gasteiger partial charge in [0.1, 0.15) is 11.4 Å². The summed E-state index contributed by atoms with van der Waals surface area (Å²) in [5.74, 6) is -1.59. The molecule has 0 aliphatic rings. The molecule has 1 unspecified atom stereocenters. The highest BCUT2D eigenvalue weighted by atomic mass is 32.2. The number of rotatable bonds is 13. The second-order valence-corrected chi connectivity index (χ2v) is 14.3. The number of carbonyl (C=O) groups excluding carboxylic acids is 3. The molecule has 0 bridgehead atoms. The van der Waals surface area contributed by atoms with Gasteiger partial charge in [0.15, 0.2) is 5.54 Å². The van der Waals surface area contributed by atoms with Gasteiger partial charge in [0.25, 0.3) is 5.91 Å². The number of hydrogen-bond donors (Lipinski definition) is 3. The Kier molecular flexibility index (Phi) is 12.1. The van der Waals surface area contributed by atoms with E-state index in [1.54, 1.807) is 52.0 Å². The molecule has 0 radical (unpaired) electrons. The average molecular weight is 671 g/mol. The van der Waals surface area contributed by atoms with Crippen LogP contribution in [-0.2, 0) is 37.3 Å². The first-order valence-corrected chi connectivity index (χ1v) is 16.8. The van der Waals surface area contributed by atoms with E-state index in [1.807, 2.05) is 30.3 Å². The Labute approximate surface area is 275 Å². The first kappa shape index (κ1) is 37.0. The summed E-state index contributed by atoms with van der Waals surface area (Å²) in [6.07, 6.45) is 0.301. The molecule has 0 aliphatic carbocycles. The minimum Gasteiger partial charge on any atom is -0.467 e. The molecule has 11 nitrogen and oxygen atoms in total. The van der Waals surface area contributed by atoms with E-state index >= 15 is 0 Å². The van der Waals surface area contributed by atoms with Crippen molar-refractivity contribution in [1.82, 2.24) is 16.0 Å². The molecule has 2 atom stereocenters. The number of halogens is 1. The summed E-state index contributed by atoms with van der Waals surface area (Å²) in [6.45, 7) is 6.83. The maximum atomic E-state index is 13.4. The molecule has 3 aromatic carbocycles. The quantitative estimate of drug-likeness (QED) is 0.226. The molecular weight excluding hydrogens is 627 g/mol. The van der Waals surface area contributed by atoms with Gasteiger partial charge in [-0.15, -0.1) is 0 Å². The molecule has 0 aromatic heterocycles. The van der Waals surface area contributed by atoms with E-state index in [4.69, 9.17) is 9.47 Å². The Morgan fingerprint density at radius 3 is 2.17 bits per heavy atom. The average Bonchev–Trinajstić information content (AvgIpc) is 2.99. The third kappa shape index (κ3) is 10.8. The van der Waals surface area contributed by atoms with Crippen molar-refractivity contribution in [1.29, 1.82) is 0 Å². The number of carbonyl (C=O) groups is 3. The summed E-state index contributed by atoms with van der Waals surface area (Å²) >= 11 is 0. The summed E-state index contributed by atoms with van der Waals surface area (Å²) < 4.78 is 49.9. The number of nitrogens with zero attached hydrogens (tertiary/aromatic N) is 1. The van der Waals surface area contributed by atoms with Crippen LogP contribution in [-0.4, -0.2) is 64.5 Å². The summed E-state index contributed by atoms with van der Waals surface area (Å²) in [7, 11) is -1.09. The van der Waals surface area contributed by atoms with Crippen molar-refractivity contribution < 1.29 is 36.7 Å². The Hall–Kier alpha value is -4.49. The molecule has 254 valence electrons. The van der Waals surface area contributed by atoms with Crippen molar-refractivity contribution in [2.75, 3.05) is 31.3 Å². The van der Waals surface area contributed by atoms with Gasteiger partial charge < -0.3 is 25.4 Å². The summed E-state index contributed by atoms with van der Waals surface area (Å²) in [5.41, 5.74) is -0.0505. The van der Waals surface area contributed by atoms with E-state index in [1.165, 1.54) is 32.4 Å². The number of nitrogens with one attached hydrogen (secondary N) is 3. The number of benzene rings is 3. The number of hydrogen-bond acceptors (Lipinski definition) is 8. The van der Waals surface area contributed by atoms with Crippen LogP contribution in [0.1, 0.15) is 60.8 Å². The summed E-state index contributed by atoms with van der Waals surface area (Å²) in [4.78, 5) is 39.7. The van der Waals surface area contributed by atoms with Crippen molar-refractivity contribution >= 4 is 33.7 Å². The molecule has 0 heterocycles. The Morgan fingerprint density at radius 2 is 1.60 bits per heavy atom. The molecule has 0 fully saturated rings. The van der Waals surface area contributed by atoms with Crippen molar-refractivity contribution in [2.24, 2.45) is 0 Å². The van der Waals surface area contributed by atoms with E-state index in [9.17, 15) is 27.2 Å². The van der Waals surface area contributed by atoms with Crippen molar-refractivity contribution in [3.8, 4) is 0 Å². The molecule has 0 saturated carbocycles. The van der Waals surface area contributed by atoms with E-state index in [2.05, 4.69) is 16.0 Å². The monoisotopic (exact) mass is 670 g/mol. The Morgan fingerprint density at radius 1 is 0.957 bits per heavy atom. The lowest BCUT2D eigenvalue weighted by Gasteiger charge is -2.33. The molecule has 0 aliphatic heterocycles. The zero-order chi connectivity index (χ0) is 35.0. The first-order valence-electron chi connectivity index (χ1n) is 14.9. The van der Waals surface area contributed by atoms with Crippen LogP contribution in [0.5, 0.6) is 0 Å². The number of sulfonamides is 1. The van der Waals surface area contributed by atoms with Crippen LogP contribution in [0.3, 0.4) is 0 Å². The van der Waals surface area contributed by atoms with E-state index < -0.39 is 51.0 Å². The summed E-state index contributed by atoms with van der Waals surface area (Å²) in [6, 6.07) is 19.0. The minimum absolute atomic E-state index is 0.0680. The highest BCUT2D eigenvalue weighted by molar-refractivity contribution is 7.92. The molecule has 3 aromatic rings. The van der Waals surface area contributed by atoms with Gasteiger partial charge in [0.05, 0.1) is 25.1 Å². The van der Waals surface area contributed by atoms with Crippen LogP contribution in [0.4, 0.5) is 14.9 Å². The number of esters is 1. The zero-order valence-corrected chi connectivity index (χ0v) is 28.5. The largest absolute Gasteiger partial charge is 0.467 e. The maximum Gasteiger partial charge on any atom is 0.408 e. The predicted molar refractivity (Wildman–Crippen MR) is 178 cm³/mol. The van der Waals surface area contributed by atoms with Crippen LogP contribution in [0.2, 0.25) is 0 Å². The number of anilines is 1. The van der Waals surface area contributed by atoms with Crippen molar-refractivity contribution in [2.45, 2.75) is 57.8 Å². The van der Waals surface area contributed by atoms with Crippen LogP contribution < -0.4 is 20.3 Å². The molecule has 3 N–H and O–H groups in total. The van der Waals surface area contributed by atoms with Gasteiger partial charge in [0, 0.05) is 32.1 Å². The van der Waals surface area contributed by atoms with Crippen LogP contribution in [0, 0.1) is 5.82 Å². The normalized spacial score (nSPS) is 13.5. The SMILES string of the molecule is COC(=O)C(CNCc1cc(C(=O)N[C@H](C)c2ccc(F)cc2)cc(N(C)S(C)(=O)=O)c1)(Cc1ccccc1)NC(=O)OC(C)(C)C. The number of ether oxygens (including phenoxy) is 2. The van der Waals surface area contributed by atoms with Gasteiger partial charge in [-0.2, -0.15) is 0 Å². The van der Waals surface area contributed by atoms with Crippen LogP contribution in [0.15, 0.2) is 72.8 Å². The molecule has 2 amide bonds. The highest BCUT2D eigenvalue weighted by Gasteiger charge is 2.42.